The summed E-state index contributed by atoms with van der Waals surface area (Å²) in [5.41, 5.74) is 11.0. The van der Waals surface area contributed by atoms with Crippen LogP contribution in [0.5, 0.6) is 0 Å². The molecular weight excluding hydrogens is 272 g/mol. The van der Waals surface area contributed by atoms with E-state index in [1.54, 1.807) is 0 Å². The Morgan fingerprint density at radius 2 is 1.82 bits per heavy atom. The zero-order chi connectivity index (χ0) is 15.5. The molecule has 0 saturated heterocycles. The molecule has 1 aliphatic rings. The van der Waals surface area contributed by atoms with Gasteiger partial charge in [0.25, 0.3) is 0 Å². The molecule has 0 bridgehead atoms. The highest BCUT2D eigenvalue weighted by molar-refractivity contribution is 5.96. The smallest absolute Gasteiger partial charge is 0.227 e. The molecule has 0 radical (unpaired) electrons. The highest BCUT2D eigenvalue weighted by Crippen LogP contribution is 2.29. The number of benzene rings is 2. The van der Waals surface area contributed by atoms with Crippen molar-refractivity contribution in [1.29, 1.82) is 0 Å². The zero-order valence-corrected chi connectivity index (χ0v) is 13.0. The minimum Gasteiger partial charge on any atom is -0.322 e. The Morgan fingerprint density at radius 3 is 2.55 bits per heavy atom. The van der Waals surface area contributed by atoms with E-state index in [0.717, 1.165) is 24.1 Å². The lowest BCUT2D eigenvalue weighted by atomic mass is 9.99. The minimum atomic E-state index is -0.166. The molecule has 1 atom stereocenters. The van der Waals surface area contributed by atoms with Crippen molar-refractivity contribution in [2.75, 3.05) is 11.4 Å². The molecule has 1 amide bonds. The van der Waals surface area contributed by atoms with Gasteiger partial charge in [-0.3, -0.25) is 4.79 Å². The average Bonchev–Trinajstić information content (AvgIpc) is 2.57. The number of fused-ring (bicyclic) bond motifs is 1. The lowest BCUT2D eigenvalue weighted by Crippen LogP contribution is -2.40. The molecule has 3 rings (SSSR count). The van der Waals surface area contributed by atoms with Crippen LogP contribution in [-0.4, -0.2) is 12.5 Å². The number of amides is 1. The molecule has 1 aliphatic heterocycles. The summed E-state index contributed by atoms with van der Waals surface area (Å²) in [4.78, 5) is 14.1. The van der Waals surface area contributed by atoms with Gasteiger partial charge < -0.3 is 10.6 Å². The van der Waals surface area contributed by atoms with E-state index in [9.17, 15) is 4.79 Å². The van der Waals surface area contributed by atoms with Gasteiger partial charge in [0.15, 0.2) is 0 Å². The third-order valence-electron chi connectivity index (χ3n) is 4.39. The van der Waals surface area contributed by atoms with E-state index in [1.807, 2.05) is 23.1 Å². The van der Waals surface area contributed by atoms with E-state index in [0.29, 0.717) is 13.0 Å². The van der Waals surface area contributed by atoms with E-state index >= 15 is 0 Å². The molecule has 2 aromatic rings. The minimum absolute atomic E-state index is 0.166. The summed E-state index contributed by atoms with van der Waals surface area (Å²) in [6.07, 6.45) is 2.41. The molecule has 1 unspecified atom stereocenters. The van der Waals surface area contributed by atoms with E-state index < -0.39 is 0 Å². The Bertz CT molecular complexity index is 663. The van der Waals surface area contributed by atoms with Crippen molar-refractivity contribution in [2.45, 2.75) is 32.2 Å². The van der Waals surface area contributed by atoms with Crippen molar-refractivity contribution in [3.05, 3.63) is 65.2 Å². The van der Waals surface area contributed by atoms with Gasteiger partial charge in [-0.15, -0.1) is 0 Å². The van der Waals surface area contributed by atoms with Crippen LogP contribution in [-0.2, 0) is 17.6 Å². The molecule has 2 aromatic carbocycles. The second kappa shape index (κ2) is 6.32. The molecule has 0 aliphatic carbocycles. The largest absolute Gasteiger partial charge is 0.322 e. The fourth-order valence-corrected chi connectivity index (χ4v) is 3.00. The molecule has 0 saturated carbocycles. The Labute approximate surface area is 131 Å². The summed E-state index contributed by atoms with van der Waals surface area (Å²) < 4.78 is 0. The predicted molar refractivity (Wildman–Crippen MR) is 89.9 cm³/mol. The SMILES string of the molecule is CCc1ccc(C(N)CN2C(=O)CCc3ccccc32)cc1. The van der Waals surface area contributed by atoms with Crippen molar-refractivity contribution in [1.82, 2.24) is 0 Å². The molecule has 2 N–H and O–H groups in total. The number of hydrogen-bond donors (Lipinski definition) is 1. The first-order valence-corrected chi connectivity index (χ1v) is 7.91. The van der Waals surface area contributed by atoms with Crippen LogP contribution in [0.3, 0.4) is 0 Å². The summed E-state index contributed by atoms with van der Waals surface area (Å²) in [6.45, 7) is 2.67. The first-order chi connectivity index (χ1) is 10.7. The highest BCUT2D eigenvalue weighted by Gasteiger charge is 2.25. The monoisotopic (exact) mass is 294 g/mol. The topological polar surface area (TPSA) is 46.3 Å². The van der Waals surface area contributed by atoms with Crippen LogP contribution in [0.4, 0.5) is 5.69 Å². The van der Waals surface area contributed by atoms with Gasteiger partial charge in [0.05, 0.1) is 0 Å². The third kappa shape index (κ3) is 2.90. The van der Waals surface area contributed by atoms with Crippen LogP contribution in [0.25, 0.3) is 0 Å². The highest BCUT2D eigenvalue weighted by atomic mass is 16.2. The molecule has 0 aromatic heterocycles. The number of anilines is 1. The zero-order valence-electron chi connectivity index (χ0n) is 13.0. The third-order valence-corrected chi connectivity index (χ3v) is 4.39. The van der Waals surface area contributed by atoms with Crippen molar-refractivity contribution in [3.8, 4) is 0 Å². The van der Waals surface area contributed by atoms with Crippen LogP contribution in [0.2, 0.25) is 0 Å². The van der Waals surface area contributed by atoms with E-state index in [2.05, 4.69) is 37.3 Å². The summed E-state index contributed by atoms with van der Waals surface area (Å²) in [5, 5.41) is 0. The Balaban J connectivity index is 1.80. The van der Waals surface area contributed by atoms with Gasteiger partial charge in [-0.05, 0) is 35.6 Å². The number of hydrogen-bond acceptors (Lipinski definition) is 2. The van der Waals surface area contributed by atoms with Crippen molar-refractivity contribution in [2.24, 2.45) is 5.73 Å². The maximum absolute atomic E-state index is 12.3. The van der Waals surface area contributed by atoms with E-state index in [-0.39, 0.29) is 11.9 Å². The van der Waals surface area contributed by atoms with Crippen LogP contribution in [0.15, 0.2) is 48.5 Å². The lowest BCUT2D eigenvalue weighted by Gasteiger charge is -2.31. The number of nitrogens with two attached hydrogens (primary N) is 1. The molecule has 22 heavy (non-hydrogen) atoms. The molecule has 3 nitrogen and oxygen atoms in total. The molecule has 114 valence electrons. The van der Waals surface area contributed by atoms with Gasteiger partial charge in [-0.25, -0.2) is 0 Å². The van der Waals surface area contributed by atoms with Crippen LogP contribution < -0.4 is 10.6 Å². The quantitative estimate of drug-likeness (QED) is 0.941. The van der Waals surface area contributed by atoms with Crippen molar-refractivity contribution < 1.29 is 4.79 Å². The average molecular weight is 294 g/mol. The van der Waals surface area contributed by atoms with Crippen molar-refractivity contribution >= 4 is 11.6 Å². The number of nitrogens with zero attached hydrogens (tertiary/aromatic N) is 1. The Kier molecular flexibility index (Phi) is 4.25. The molecule has 0 fully saturated rings. The maximum Gasteiger partial charge on any atom is 0.227 e. The lowest BCUT2D eigenvalue weighted by molar-refractivity contribution is -0.119. The van der Waals surface area contributed by atoms with Crippen LogP contribution in [0.1, 0.15) is 36.1 Å². The predicted octanol–water partition coefficient (Wildman–Crippen LogP) is 3.23. The fourth-order valence-electron chi connectivity index (χ4n) is 3.00. The van der Waals surface area contributed by atoms with Gasteiger partial charge in [0, 0.05) is 24.7 Å². The number of carbonyl (C=O) groups excluding carboxylic acids is 1. The fraction of sp³-hybridized carbons (Fsp3) is 0.316. The summed E-state index contributed by atoms with van der Waals surface area (Å²) in [5.74, 6) is 0.166. The van der Waals surface area contributed by atoms with Crippen LogP contribution >= 0.6 is 0 Å². The number of para-hydroxylation sites is 1. The second-order valence-corrected chi connectivity index (χ2v) is 5.83. The van der Waals surface area contributed by atoms with Gasteiger partial charge in [-0.2, -0.15) is 0 Å². The molecule has 0 spiro atoms. The van der Waals surface area contributed by atoms with Gasteiger partial charge >= 0.3 is 0 Å². The first-order valence-electron chi connectivity index (χ1n) is 7.91. The standard InChI is InChI=1S/C19H22N2O/c1-2-14-7-9-15(10-8-14)17(20)13-21-18-6-4-3-5-16(18)11-12-19(21)22/h3-10,17H,2,11-13,20H2,1H3. The normalized spacial score (nSPS) is 15.5. The van der Waals surface area contributed by atoms with E-state index in [4.69, 9.17) is 5.73 Å². The Morgan fingerprint density at radius 1 is 1.09 bits per heavy atom. The summed E-state index contributed by atoms with van der Waals surface area (Å²) in [7, 11) is 0. The molecular formula is C19H22N2O. The first kappa shape index (κ1) is 14.8. The van der Waals surface area contributed by atoms with Gasteiger partial charge in [-0.1, -0.05) is 49.4 Å². The van der Waals surface area contributed by atoms with Gasteiger partial charge in [0.2, 0.25) is 5.91 Å². The number of rotatable bonds is 4. The van der Waals surface area contributed by atoms with Crippen LogP contribution in [0, 0.1) is 0 Å². The number of aryl methyl sites for hydroxylation is 2. The van der Waals surface area contributed by atoms with Gasteiger partial charge in [0.1, 0.15) is 0 Å². The molecule has 1 heterocycles. The summed E-state index contributed by atoms with van der Waals surface area (Å²) in [6, 6.07) is 16.3. The van der Waals surface area contributed by atoms with Crippen molar-refractivity contribution in [3.63, 3.8) is 0 Å². The Hall–Kier alpha value is -2.13. The second-order valence-electron chi connectivity index (χ2n) is 5.83. The molecule has 3 heteroatoms. The van der Waals surface area contributed by atoms with E-state index in [1.165, 1.54) is 11.1 Å². The maximum atomic E-state index is 12.3. The summed E-state index contributed by atoms with van der Waals surface area (Å²) >= 11 is 0. The number of carbonyl (C=O) groups is 1.